The third kappa shape index (κ3) is 4.41. The highest BCUT2D eigenvalue weighted by Gasteiger charge is 2.30. The lowest BCUT2D eigenvalue weighted by atomic mass is 9.88. The summed E-state index contributed by atoms with van der Waals surface area (Å²) in [6.07, 6.45) is 8.36. The minimum Gasteiger partial charge on any atom is -0.311 e. The Balaban J connectivity index is 1.95. The molecule has 0 bridgehead atoms. The number of hydrogen-bond acceptors (Lipinski definition) is 4. The molecule has 1 aromatic carbocycles. The summed E-state index contributed by atoms with van der Waals surface area (Å²) in [6, 6.07) is 3.74. The molecule has 0 amide bonds. The van der Waals surface area contributed by atoms with Gasteiger partial charge in [-0.3, -0.25) is 10.1 Å². The van der Waals surface area contributed by atoms with Crippen LogP contribution in [0.25, 0.3) is 0 Å². The van der Waals surface area contributed by atoms with Gasteiger partial charge in [-0.25, -0.2) is 4.39 Å². The van der Waals surface area contributed by atoms with Gasteiger partial charge in [0.1, 0.15) is 5.82 Å². The molecule has 1 fully saturated rings. The number of nitro groups is 1. The molecule has 0 unspecified atom stereocenters. The average Bonchev–Trinajstić information content (AvgIpc) is 2.47. The predicted molar refractivity (Wildman–Crippen MR) is 84.1 cm³/mol. The second kappa shape index (κ2) is 7.22. The molecule has 4 nitrogen and oxygen atoms in total. The van der Waals surface area contributed by atoms with Gasteiger partial charge in [0.2, 0.25) is 0 Å². The molecule has 0 spiro atoms. The zero-order valence-electron chi connectivity index (χ0n) is 12.2. The monoisotopic (exact) mass is 312 g/mol. The number of non-ortho nitro benzene ring substituents is 1. The molecular weight excluding hydrogens is 291 g/mol. The van der Waals surface area contributed by atoms with Crippen molar-refractivity contribution in [2.45, 2.75) is 43.4 Å². The molecule has 0 heterocycles. The number of nitro benzene ring substituents is 1. The largest absolute Gasteiger partial charge is 0.311 e. The van der Waals surface area contributed by atoms with Crippen molar-refractivity contribution < 1.29 is 9.31 Å². The van der Waals surface area contributed by atoms with E-state index >= 15 is 0 Å². The number of nitrogens with one attached hydrogen (secondary N) is 1. The van der Waals surface area contributed by atoms with Gasteiger partial charge in [-0.2, -0.15) is 11.8 Å². The number of benzene rings is 1. The average molecular weight is 312 g/mol. The van der Waals surface area contributed by atoms with Gasteiger partial charge >= 0.3 is 0 Å². The van der Waals surface area contributed by atoms with Gasteiger partial charge in [-0.05, 0) is 30.7 Å². The highest BCUT2D eigenvalue weighted by atomic mass is 32.2. The number of halogens is 1. The van der Waals surface area contributed by atoms with Crippen LogP contribution in [0.5, 0.6) is 0 Å². The Bertz CT molecular complexity index is 504. The van der Waals surface area contributed by atoms with Crippen LogP contribution >= 0.6 is 11.8 Å². The van der Waals surface area contributed by atoms with Crippen LogP contribution in [0.15, 0.2) is 18.2 Å². The highest BCUT2D eigenvalue weighted by Crippen LogP contribution is 2.38. The van der Waals surface area contributed by atoms with Gasteiger partial charge < -0.3 is 5.32 Å². The fourth-order valence-electron chi connectivity index (χ4n) is 2.92. The molecular formula is C15H21FN2O2S. The van der Waals surface area contributed by atoms with Crippen LogP contribution in [0, 0.1) is 15.9 Å². The Hall–Kier alpha value is -1.14. The van der Waals surface area contributed by atoms with Crippen molar-refractivity contribution in [3.05, 3.63) is 39.7 Å². The molecule has 0 saturated heterocycles. The molecule has 6 heteroatoms. The molecule has 0 radical (unpaired) electrons. The molecule has 1 saturated carbocycles. The van der Waals surface area contributed by atoms with Crippen LogP contribution in [-0.2, 0) is 6.54 Å². The Labute approximate surface area is 128 Å². The predicted octanol–water partition coefficient (Wildman–Crippen LogP) is 3.89. The van der Waals surface area contributed by atoms with E-state index in [-0.39, 0.29) is 10.4 Å². The first kappa shape index (κ1) is 16.2. The maximum Gasteiger partial charge on any atom is 0.272 e. The van der Waals surface area contributed by atoms with E-state index in [1.165, 1.54) is 44.2 Å². The summed E-state index contributed by atoms with van der Waals surface area (Å²) >= 11 is 1.89. The summed E-state index contributed by atoms with van der Waals surface area (Å²) in [5.41, 5.74) is 0.429. The minimum atomic E-state index is -0.558. The summed E-state index contributed by atoms with van der Waals surface area (Å²) in [5, 5.41) is 14.1. The molecule has 116 valence electrons. The van der Waals surface area contributed by atoms with Crippen molar-refractivity contribution in [2.75, 3.05) is 12.8 Å². The van der Waals surface area contributed by atoms with Gasteiger partial charge in [0, 0.05) is 23.9 Å². The van der Waals surface area contributed by atoms with Crippen molar-refractivity contribution in [2.24, 2.45) is 0 Å². The topological polar surface area (TPSA) is 55.2 Å². The Morgan fingerprint density at radius 1 is 1.33 bits per heavy atom. The number of hydrogen-bond donors (Lipinski definition) is 1. The van der Waals surface area contributed by atoms with Crippen LogP contribution in [-0.4, -0.2) is 22.5 Å². The van der Waals surface area contributed by atoms with E-state index in [2.05, 4.69) is 11.6 Å². The SMILES string of the molecule is CSC1(CNCc2cc(F)cc([N+](=O)[O-])c2)CCCCC1. The zero-order chi connectivity index (χ0) is 15.3. The fraction of sp³-hybridized carbons (Fsp3) is 0.600. The first-order valence-corrected chi connectivity index (χ1v) is 8.47. The third-order valence-electron chi connectivity index (χ3n) is 4.13. The molecule has 2 rings (SSSR count). The lowest BCUT2D eigenvalue weighted by Gasteiger charge is -2.36. The molecule has 1 aromatic rings. The molecule has 1 aliphatic carbocycles. The summed E-state index contributed by atoms with van der Waals surface area (Å²) in [6.45, 7) is 1.32. The number of thioether (sulfide) groups is 1. The molecule has 0 atom stereocenters. The molecule has 1 aliphatic rings. The first-order chi connectivity index (χ1) is 10.0. The van der Waals surface area contributed by atoms with E-state index < -0.39 is 10.7 Å². The smallest absolute Gasteiger partial charge is 0.272 e. The van der Waals surface area contributed by atoms with Gasteiger partial charge in [0.15, 0.2) is 0 Å². The van der Waals surface area contributed by atoms with Crippen LogP contribution in [0.4, 0.5) is 10.1 Å². The zero-order valence-corrected chi connectivity index (χ0v) is 13.0. The van der Waals surface area contributed by atoms with E-state index in [1.54, 1.807) is 0 Å². The summed E-state index contributed by atoms with van der Waals surface area (Å²) in [5.74, 6) is -0.557. The van der Waals surface area contributed by atoms with Crippen LogP contribution < -0.4 is 5.32 Å². The second-order valence-corrected chi connectivity index (χ2v) is 6.90. The highest BCUT2D eigenvalue weighted by molar-refractivity contribution is 8.00. The van der Waals surface area contributed by atoms with Gasteiger partial charge in [0.25, 0.3) is 5.69 Å². The van der Waals surface area contributed by atoms with Crippen molar-refractivity contribution in [1.29, 1.82) is 0 Å². The van der Waals surface area contributed by atoms with Crippen molar-refractivity contribution >= 4 is 17.4 Å². The number of rotatable bonds is 6. The standard InChI is InChI=1S/C15H21FN2O2S/c1-21-15(5-3-2-4-6-15)11-17-10-12-7-13(16)9-14(8-12)18(19)20/h7-9,17H,2-6,10-11H2,1H3. The van der Waals surface area contributed by atoms with E-state index in [9.17, 15) is 14.5 Å². The van der Waals surface area contributed by atoms with E-state index in [4.69, 9.17) is 0 Å². The normalized spacial score (nSPS) is 17.6. The van der Waals surface area contributed by atoms with Crippen molar-refractivity contribution in [1.82, 2.24) is 5.32 Å². The van der Waals surface area contributed by atoms with Crippen molar-refractivity contribution in [3.8, 4) is 0 Å². The Morgan fingerprint density at radius 3 is 2.67 bits per heavy atom. The van der Waals surface area contributed by atoms with E-state index in [1.807, 2.05) is 11.8 Å². The molecule has 1 N–H and O–H groups in total. The Morgan fingerprint density at radius 2 is 2.05 bits per heavy atom. The maximum atomic E-state index is 13.4. The van der Waals surface area contributed by atoms with Crippen LogP contribution in [0.3, 0.4) is 0 Å². The lowest BCUT2D eigenvalue weighted by Crippen LogP contribution is -2.39. The van der Waals surface area contributed by atoms with Crippen LogP contribution in [0.1, 0.15) is 37.7 Å². The minimum absolute atomic E-state index is 0.191. The van der Waals surface area contributed by atoms with Crippen LogP contribution in [0.2, 0.25) is 0 Å². The summed E-state index contributed by atoms with van der Waals surface area (Å²) < 4.78 is 13.6. The quantitative estimate of drug-likeness (QED) is 0.639. The molecule has 21 heavy (non-hydrogen) atoms. The number of nitrogens with zero attached hydrogens (tertiary/aromatic N) is 1. The van der Waals surface area contributed by atoms with Crippen molar-refractivity contribution in [3.63, 3.8) is 0 Å². The Kier molecular flexibility index (Phi) is 5.58. The molecule has 0 aliphatic heterocycles. The first-order valence-electron chi connectivity index (χ1n) is 7.24. The van der Waals surface area contributed by atoms with E-state index in [0.29, 0.717) is 12.1 Å². The fourth-order valence-corrected chi connectivity index (χ4v) is 3.87. The second-order valence-electron chi connectivity index (χ2n) is 5.63. The van der Waals surface area contributed by atoms with Gasteiger partial charge in [-0.15, -0.1) is 0 Å². The van der Waals surface area contributed by atoms with Gasteiger partial charge in [0.05, 0.1) is 11.0 Å². The lowest BCUT2D eigenvalue weighted by molar-refractivity contribution is -0.385. The third-order valence-corrected chi connectivity index (χ3v) is 5.55. The van der Waals surface area contributed by atoms with E-state index in [0.717, 1.165) is 12.6 Å². The van der Waals surface area contributed by atoms with Gasteiger partial charge in [-0.1, -0.05) is 19.3 Å². The molecule has 0 aromatic heterocycles. The summed E-state index contributed by atoms with van der Waals surface area (Å²) in [7, 11) is 0. The summed E-state index contributed by atoms with van der Waals surface area (Å²) in [4.78, 5) is 10.2. The maximum absolute atomic E-state index is 13.4.